The Labute approximate surface area is 165 Å². The van der Waals surface area contributed by atoms with Gasteiger partial charge in [0.2, 0.25) is 5.76 Å². The summed E-state index contributed by atoms with van der Waals surface area (Å²) >= 11 is 3.31. The Kier molecular flexibility index (Phi) is 7.25. The van der Waals surface area contributed by atoms with Crippen molar-refractivity contribution in [3.63, 3.8) is 0 Å². The van der Waals surface area contributed by atoms with Crippen molar-refractivity contribution in [1.82, 2.24) is 0 Å². The van der Waals surface area contributed by atoms with Gasteiger partial charge in [0.25, 0.3) is 0 Å². The van der Waals surface area contributed by atoms with Crippen LogP contribution in [0.1, 0.15) is 10.4 Å². The van der Waals surface area contributed by atoms with Crippen molar-refractivity contribution in [2.75, 3.05) is 26.6 Å². The number of methoxy groups -OCH3 is 3. The molecule has 0 saturated heterocycles. The lowest BCUT2D eigenvalue weighted by atomic mass is 10.2. The van der Waals surface area contributed by atoms with Crippen molar-refractivity contribution in [3.8, 4) is 11.5 Å². The summed E-state index contributed by atoms with van der Waals surface area (Å²) in [7, 11) is 4.13. The summed E-state index contributed by atoms with van der Waals surface area (Å²) in [4.78, 5) is 23.6. The molecule has 0 aliphatic carbocycles. The number of nitrogens with one attached hydrogen (secondary N) is 1. The van der Waals surface area contributed by atoms with Gasteiger partial charge in [-0.2, -0.15) is 0 Å². The molecule has 0 atom stereocenters. The second kappa shape index (κ2) is 9.63. The predicted molar refractivity (Wildman–Crippen MR) is 103 cm³/mol. The first-order valence-electron chi connectivity index (χ1n) is 7.73. The average Bonchev–Trinajstić information content (AvgIpc) is 2.71. The largest absolute Gasteiger partial charge is 0.497 e. The Hall–Kier alpha value is -3.00. The predicted octanol–water partition coefficient (Wildman–Crippen LogP) is 3.75. The molecule has 0 bridgehead atoms. The maximum absolute atomic E-state index is 12.0. The van der Waals surface area contributed by atoms with Gasteiger partial charge in [0.1, 0.15) is 11.5 Å². The van der Waals surface area contributed by atoms with Crippen LogP contribution in [0.15, 0.2) is 58.9 Å². The Morgan fingerprint density at radius 3 is 2.26 bits per heavy atom. The molecule has 142 valence electrons. The van der Waals surface area contributed by atoms with Crippen LogP contribution in [0, 0.1) is 0 Å². The van der Waals surface area contributed by atoms with E-state index in [1.54, 1.807) is 37.4 Å². The maximum atomic E-state index is 12.0. The maximum Gasteiger partial charge on any atom is 0.375 e. The smallest absolute Gasteiger partial charge is 0.375 e. The normalized spacial score (nSPS) is 10.7. The van der Waals surface area contributed by atoms with Gasteiger partial charge in [-0.05, 0) is 58.4 Å². The van der Waals surface area contributed by atoms with Gasteiger partial charge in [-0.1, -0.05) is 0 Å². The molecule has 2 aromatic rings. The molecule has 0 spiro atoms. The van der Waals surface area contributed by atoms with Crippen LogP contribution < -0.4 is 14.8 Å². The zero-order valence-electron chi connectivity index (χ0n) is 14.9. The van der Waals surface area contributed by atoms with E-state index < -0.39 is 11.9 Å². The molecule has 0 aromatic heterocycles. The van der Waals surface area contributed by atoms with Crippen LogP contribution in [0.2, 0.25) is 0 Å². The minimum atomic E-state index is -0.667. The summed E-state index contributed by atoms with van der Waals surface area (Å²) < 4.78 is 20.6. The molecular formula is C19H18BrNO6. The van der Waals surface area contributed by atoms with Crippen LogP contribution in [0.5, 0.6) is 11.5 Å². The summed E-state index contributed by atoms with van der Waals surface area (Å²) in [5.41, 5.74) is 1.07. The number of anilines is 1. The van der Waals surface area contributed by atoms with E-state index in [1.807, 2.05) is 0 Å². The Morgan fingerprint density at radius 1 is 1.00 bits per heavy atom. The topological polar surface area (TPSA) is 83.1 Å². The molecule has 0 heterocycles. The molecule has 0 unspecified atom stereocenters. The highest BCUT2D eigenvalue weighted by atomic mass is 79.9. The highest BCUT2D eigenvalue weighted by Gasteiger charge is 2.16. The molecule has 0 saturated carbocycles. The number of rotatable bonds is 7. The number of hydrogen-bond acceptors (Lipinski definition) is 7. The lowest BCUT2D eigenvalue weighted by molar-refractivity contribution is -0.138. The lowest BCUT2D eigenvalue weighted by Gasteiger charge is -2.11. The first-order valence-corrected chi connectivity index (χ1v) is 8.52. The molecule has 2 rings (SSSR count). The Bertz CT molecular complexity index is 848. The Morgan fingerprint density at radius 2 is 1.70 bits per heavy atom. The van der Waals surface area contributed by atoms with Crippen molar-refractivity contribution < 1.29 is 28.5 Å². The van der Waals surface area contributed by atoms with E-state index in [1.165, 1.54) is 32.6 Å². The third-order valence-corrected chi connectivity index (χ3v) is 4.04. The minimum Gasteiger partial charge on any atom is -0.497 e. The molecule has 2 aromatic carbocycles. The average molecular weight is 436 g/mol. The van der Waals surface area contributed by atoms with E-state index in [9.17, 15) is 9.59 Å². The molecule has 0 aliphatic rings. The van der Waals surface area contributed by atoms with Crippen molar-refractivity contribution in [2.24, 2.45) is 0 Å². The molecule has 7 nitrogen and oxygen atoms in total. The zero-order chi connectivity index (χ0) is 19.8. The van der Waals surface area contributed by atoms with E-state index in [0.29, 0.717) is 21.5 Å². The third-order valence-electron chi connectivity index (χ3n) is 3.42. The molecule has 0 amide bonds. The van der Waals surface area contributed by atoms with Gasteiger partial charge in [0, 0.05) is 5.69 Å². The fraction of sp³-hybridized carbons (Fsp3) is 0.158. The molecule has 27 heavy (non-hydrogen) atoms. The van der Waals surface area contributed by atoms with Gasteiger partial charge >= 0.3 is 11.9 Å². The first-order chi connectivity index (χ1) is 13.0. The molecule has 0 fully saturated rings. The summed E-state index contributed by atoms with van der Waals surface area (Å²) in [5.74, 6) is -0.175. The van der Waals surface area contributed by atoms with Crippen molar-refractivity contribution in [2.45, 2.75) is 0 Å². The van der Waals surface area contributed by atoms with Gasteiger partial charge in [-0.15, -0.1) is 0 Å². The number of esters is 2. The van der Waals surface area contributed by atoms with E-state index >= 15 is 0 Å². The summed E-state index contributed by atoms with van der Waals surface area (Å²) in [6.45, 7) is 0. The molecular weight excluding hydrogens is 418 g/mol. The number of benzene rings is 2. The van der Waals surface area contributed by atoms with Gasteiger partial charge in [0.05, 0.1) is 37.6 Å². The van der Waals surface area contributed by atoms with Crippen LogP contribution in [-0.2, 0) is 14.3 Å². The van der Waals surface area contributed by atoms with E-state index in [4.69, 9.17) is 14.2 Å². The lowest BCUT2D eigenvalue weighted by Crippen LogP contribution is -2.13. The highest BCUT2D eigenvalue weighted by Crippen LogP contribution is 2.28. The molecule has 0 aliphatic heterocycles. The molecule has 0 radical (unpaired) electrons. The van der Waals surface area contributed by atoms with Crippen LogP contribution in [0.3, 0.4) is 0 Å². The van der Waals surface area contributed by atoms with Crippen molar-refractivity contribution >= 4 is 33.6 Å². The summed E-state index contributed by atoms with van der Waals surface area (Å²) in [6, 6.07) is 11.7. The monoisotopic (exact) mass is 435 g/mol. The van der Waals surface area contributed by atoms with Crippen molar-refractivity contribution in [3.05, 3.63) is 64.5 Å². The van der Waals surface area contributed by atoms with Crippen LogP contribution in [0.25, 0.3) is 0 Å². The number of hydrogen-bond donors (Lipinski definition) is 1. The number of carbonyl (C=O) groups excluding carboxylic acids is 2. The van der Waals surface area contributed by atoms with E-state index in [-0.39, 0.29) is 5.76 Å². The standard InChI is InChI=1S/C19H18BrNO6/c1-24-14-7-5-13(6-8-14)21-11-17(19(23)26-3)27-16-9-4-12(10-15(16)20)18(22)25-2/h4-11,21H,1-3H3/b17-11+. The molecule has 8 heteroatoms. The van der Waals surface area contributed by atoms with E-state index in [0.717, 1.165) is 5.69 Å². The van der Waals surface area contributed by atoms with Crippen molar-refractivity contribution in [1.29, 1.82) is 0 Å². The first kappa shape index (κ1) is 20.3. The third kappa shape index (κ3) is 5.49. The van der Waals surface area contributed by atoms with Crippen LogP contribution >= 0.6 is 15.9 Å². The second-order valence-corrected chi connectivity index (χ2v) is 5.97. The zero-order valence-corrected chi connectivity index (χ0v) is 16.5. The fourth-order valence-electron chi connectivity index (χ4n) is 2.01. The van der Waals surface area contributed by atoms with Crippen LogP contribution in [0.4, 0.5) is 5.69 Å². The summed E-state index contributed by atoms with van der Waals surface area (Å²) in [6.07, 6.45) is 1.38. The quantitative estimate of drug-likeness (QED) is 0.402. The van der Waals surface area contributed by atoms with E-state index in [2.05, 4.69) is 26.0 Å². The Balaban J connectivity index is 2.21. The van der Waals surface area contributed by atoms with Gasteiger partial charge in [0.15, 0.2) is 0 Å². The van der Waals surface area contributed by atoms with Gasteiger partial charge in [-0.25, -0.2) is 9.59 Å². The number of carbonyl (C=O) groups is 2. The highest BCUT2D eigenvalue weighted by molar-refractivity contribution is 9.10. The van der Waals surface area contributed by atoms with Gasteiger partial charge in [-0.3, -0.25) is 0 Å². The number of halogens is 1. The fourth-order valence-corrected chi connectivity index (χ4v) is 2.47. The summed E-state index contributed by atoms with van der Waals surface area (Å²) in [5, 5.41) is 2.96. The van der Waals surface area contributed by atoms with Crippen LogP contribution in [-0.4, -0.2) is 33.3 Å². The SMILES string of the molecule is COC(=O)/C(=C\Nc1ccc(OC)cc1)Oc1ccc(C(=O)OC)cc1Br. The minimum absolute atomic E-state index is 0.0696. The number of ether oxygens (including phenoxy) is 4. The molecule has 1 N–H and O–H groups in total. The van der Waals surface area contributed by atoms with Gasteiger partial charge < -0.3 is 24.3 Å². The second-order valence-electron chi connectivity index (χ2n) is 5.11.